The molecule has 1 atom stereocenters. The molecule has 1 aliphatic carbocycles. The zero-order chi connectivity index (χ0) is 17.5. The number of carbonyl (C=O) groups excluding carboxylic acids is 1. The Kier molecular flexibility index (Phi) is 3.62. The third kappa shape index (κ3) is 2.71. The number of hydrogen-bond acceptors (Lipinski definition) is 5. The minimum atomic E-state index is 0.116. The first-order chi connectivity index (χ1) is 12.8. The van der Waals surface area contributed by atoms with E-state index in [1.54, 1.807) is 12.4 Å². The maximum Gasteiger partial charge on any atom is 0.220 e. The fraction of sp³-hybridized carbons (Fsp3) is 0.444. The number of hydrogen-bond donors (Lipinski definition) is 2. The number of rotatable bonds is 4. The second-order valence-corrected chi connectivity index (χ2v) is 7.13. The van der Waals surface area contributed by atoms with Crippen LogP contribution in [0.2, 0.25) is 0 Å². The van der Waals surface area contributed by atoms with Crippen LogP contribution in [0.15, 0.2) is 30.9 Å². The van der Waals surface area contributed by atoms with E-state index in [1.807, 2.05) is 21.6 Å². The van der Waals surface area contributed by atoms with Gasteiger partial charge in [-0.25, -0.2) is 9.50 Å². The van der Waals surface area contributed by atoms with Crippen molar-refractivity contribution in [2.75, 3.05) is 11.9 Å². The zero-order valence-corrected chi connectivity index (χ0v) is 14.4. The molecular formula is C18H21N7O. The first-order valence-corrected chi connectivity index (χ1v) is 9.18. The summed E-state index contributed by atoms with van der Waals surface area (Å²) in [5.74, 6) is 1.49. The van der Waals surface area contributed by atoms with Gasteiger partial charge in [0.15, 0.2) is 5.82 Å². The number of nitrogens with one attached hydrogen (secondary N) is 2. The van der Waals surface area contributed by atoms with Crippen molar-refractivity contribution in [3.63, 3.8) is 0 Å². The molecule has 1 saturated heterocycles. The average molecular weight is 351 g/mol. The summed E-state index contributed by atoms with van der Waals surface area (Å²) in [5, 5.41) is 15.4. The van der Waals surface area contributed by atoms with Crippen LogP contribution in [0.1, 0.15) is 49.8 Å². The quantitative estimate of drug-likeness (QED) is 0.753. The molecule has 8 nitrogen and oxygen atoms in total. The number of aromatic nitrogens is 5. The van der Waals surface area contributed by atoms with E-state index in [9.17, 15) is 4.79 Å². The molecule has 2 fully saturated rings. The largest absolute Gasteiger partial charge is 0.354 e. The van der Waals surface area contributed by atoms with Gasteiger partial charge < -0.3 is 10.6 Å². The van der Waals surface area contributed by atoms with E-state index < -0.39 is 0 Å². The van der Waals surface area contributed by atoms with Gasteiger partial charge >= 0.3 is 0 Å². The lowest BCUT2D eigenvalue weighted by Gasteiger charge is -2.22. The Labute approximate surface area is 150 Å². The lowest BCUT2D eigenvalue weighted by atomic mass is 9.83. The first kappa shape index (κ1) is 15.4. The van der Waals surface area contributed by atoms with Gasteiger partial charge in [-0.15, -0.1) is 0 Å². The standard InChI is InChI=1S/C18H21N7O/c26-17-5-4-14(10-20-17)25-11-13(9-21-25)22-18-16-8-15(12-2-1-3-12)23-24(16)7-6-19-18/h6-9,11-12,14H,1-5,10H2,(H,19,22)(H,20,26). The van der Waals surface area contributed by atoms with Gasteiger partial charge in [0.2, 0.25) is 5.91 Å². The van der Waals surface area contributed by atoms with Crippen molar-refractivity contribution in [1.29, 1.82) is 0 Å². The number of carbonyl (C=O) groups is 1. The minimum Gasteiger partial charge on any atom is -0.354 e. The first-order valence-electron chi connectivity index (χ1n) is 9.18. The van der Waals surface area contributed by atoms with Crippen LogP contribution in [0.25, 0.3) is 5.52 Å². The molecule has 0 radical (unpaired) electrons. The summed E-state index contributed by atoms with van der Waals surface area (Å²) in [5.41, 5.74) is 3.02. The Morgan fingerprint density at radius 3 is 2.96 bits per heavy atom. The van der Waals surface area contributed by atoms with Crippen LogP contribution in [-0.4, -0.2) is 36.8 Å². The van der Waals surface area contributed by atoms with Crippen LogP contribution in [0.4, 0.5) is 11.5 Å². The van der Waals surface area contributed by atoms with Gasteiger partial charge in [0.25, 0.3) is 0 Å². The Balaban J connectivity index is 1.37. The fourth-order valence-corrected chi connectivity index (χ4v) is 3.63. The van der Waals surface area contributed by atoms with Gasteiger partial charge in [0, 0.05) is 37.5 Å². The molecule has 5 rings (SSSR count). The van der Waals surface area contributed by atoms with Gasteiger partial charge in [0.1, 0.15) is 5.52 Å². The summed E-state index contributed by atoms with van der Waals surface area (Å²) in [7, 11) is 0. The molecule has 1 aliphatic heterocycles. The summed E-state index contributed by atoms with van der Waals surface area (Å²) >= 11 is 0. The van der Waals surface area contributed by atoms with Crippen LogP contribution < -0.4 is 10.6 Å². The van der Waals surface area contributed by atoms with Crippen molar-refractivity contribution in [1.82, 2.24) is 29.7 Å². The summed E-state index contributed by atoms with van der Waals surface area (Å²) in [4.78, 5) is 15.8. The maximum absolute atomic E-state index is 11.3. The maximum atomic E-state index is 11.3. The highest BCUT2D eigenvalue weighted by molar-refractivity contribution is 5.76. The third-order valence-corrected chi connectivity index (χ3v) is 5.41. The number of anilines is 2. The molecule has 4 heterocycles. The molecule has 0 spiro atoms. The van der Waals surface area contributed by atoms with Crippen LogP contribution in [-0.2, 0) is 4.79 Å². The highest BCUT2D eigenvalue weighted by Gasteiger charge is 2.23. The molecule has 2 aliphatic rings. The highest BCUT2D eigenvalue weighted by Crippen LogP contribution is 2.36. The third-order valence-electron chi connectivity index (χ3n) is 5.41. The van der Waals surface area contributed by atoms with Crippen molar-refractivity contribution < 1.29 is 4.79 Å². The molecule has 0 aromatic carbocycles. The van der Waals surface area contributed by atoms with E-state index in [4.69, 9.17) is 5.10 Å². The van der Waals surface area contributed by atoms with Gasteiger partial charge in [-0.3, -0.25) is 9.48 Å². The Morgan fingerprint density at radius 2 is 2.19 bits per heavy atom. The van der Waals surface area contributed by atoms with Gasteiger partial charge in [-0.05, 0) is 25.3 Å². The molecule has 0 bridgehead atoms. The van der Waals surface area contributed by atoms with E-state index in [0.29, 0.717) is 18.9 Å². The van der Waals surface area contributed by atoms with Crippen molar-refractivity contribution >= 4 is 22.9 Å². The fourth-order valence-electron chi connectivity index (χ4n) is 3.63. The second kappa shape index (κ2) is 6.12. The van der Waals surface area contributed by atoms with Crippen molar-refractivity contribution in [2.24, 2.45) is 0 Å². The normalized spacial score (nSPS) is 20.8. The van der Waals surface area contributed by atoms with E-state index in [2.05, 4.69) is 26.8 Å². The predicted octanol–water partition coefficient (Wildman–Crippen LogP) is 2.39. The smallest absolute Gasteiger partial charge is 0.220 e. The second-order valence-electron chi connectivity index (χ2n) is 7.13. The monoisotopic (exact) mass is 351 g/mol. The number of piperidine rings is 1. The highest BCUT2D eigenvalue weighted by atomic mass is 16.1. The Morgan fingerprint density at radius 1 is 1.27 bits per heavy atom. The van der Waals surface area contributed by atoms with E-state index >= 15 is 0 Å². The van der Waals surface area contributed by atoms with E-state index in [1.165, 1.54) is 19.3 Å². The van der Waals surface area contributed by atoms with Gasteiger partial charge in [-0.1, -0.05) is 6.42 Å². The number of nitrogens with zero attached hydrogens (tertiary/aromatic N) is 5. The Bertz CT molecular complexity index is 946. The topological polar surface area (TPSA) is 89.1 Å². The Hall–Kier alpha value is -2.90. The van der Waals surface area contributed by atoms with Crippen LogP contribution in [0, 0.1) is 0 Å². The molecule has 26 heavy (non-hydrogen) atoms. The SMILES string of the molecule is O=C1CCC(n2cc(Nc3nccn4nc(C5CCC5)cc34)cn2)CN1. The van der Waals surface area contributed by atoms with Crippen LogP contribution in [0.3, 0.4) is 0 Å². The molecular weight excluding hydrogens is 330 g/mol. The van der Waals surface area contributed by atoms with E-state index in [-0.39, 0.29) is 11.9 Å². The molecule has 1 unspecified atom stereocenters. The lowest BCUT2D eigenvalue weighted by molar-refractivity contribution is -0.122. The minimum absolute atomic E-state index is 0.116. The molecule has 3 aromatic heterocycles. The summed E-state index contributed by atoms with van der Waals surface area (Å²) in [6.45, 7) is 0.626. The number of amides is 1. The molecule has 1 amide bonds. The summed E-state index contributed by atoms with van der Waals surface area (Å²) in [6, 6.07) is 2.34. The molecule has 3 aromatic rings. The molecule has 134 valence electrons. The molecule has 8 heteroatoms. The van der Waals surface area contributed by atoms with Crippen molar-refractivity contribution in [2.45, 2.75) is 44.1 Å². The van der Waals surface area contributed by atoms with E-state index in [0.717, 1.165) is 29.1 Å². The van der Waals surface area contributed by atoms with Crippen LogP contribution >= 0.6 is 0 Å². The number of fused-ring (bicyclic) bond motifs is 1. The van der Waals surface area contributed by atoms with Gasteiger partial charge in [-0.2, -0.15) is 10.2 Å². The van der Waals surface area contributed by atoms with Gasteiger partial charge in [0.05, 0.1) is 23.6 Å². The average Bonchev–Trinajstić information content (AvgIpc) is 3.21. The molecule has 1 saturated carbocycles. The molecule has 2 N–H and O–H groups in total. The lowest BCUT2D eigenvalue weighted by Crippen LogP contribution is -2.36. The summed E-state index contributed by atoms with van der Waals surface area (Å²) < 4.78 is 3.81. The summed E-state index contributed by atoms with van der Waals surface area (Å²) in [6.07, 6.45) is 12.5. The van der Waals surface area contributed by atoms with Crippen molar-refractivity contribution in [3.8, 4) is 0 Å². The van der Waals surface area contributed by atoms with Crippen LogP contribution in [0.5, 0.6) is 0 Å². The zero-order valence-electron chi connectivity index (χ0n) is 14.4. The van der Waals surface area contributed by atoms with Crippen molar-refractivity contribution in [3.05, 3.63) is 36.5 Å². The predicted molar refractivity (Wildman–Crippen MR) is 96.4 cm³/mol.